The minimum atomic E-state index is -0.0955. The van der Waals surface area contributed by atoms with Gasteiger partial charge in [-0.1, -0.05) is 47.0 Å². The Balaban J connectivity index is 1.32. The Morgan fingerprint density at radius 1 is 0.970 bits per heavy atom. The van der Waals surface area contributed by atoms with E-state index in [4.69, 9.17) is 4.74 Å². The standard InChI is InChI=1S/C31H52O2/c1-6-10-29(32)33-21-22(2)11-9-12-23(3)26-16-17-27-25-15-14-24-13-7-8-19-30(24,4)28(25)18-20-31(26,27)5/h21,23-28H,6-20H2,1-5H3/t23-,24?,25+,26-,27+,28+,30+,31-/m1/s1. The Hall–Kier alpha value is -0.790. The summed E-state index contributed by atoms with van der Waals surface area (Å²) in [5.74, 6) is 5.69. The fourth-order valence-corrected chi connectivity index (χ4v) is 9.66. The smallest absolute Gasteiger partial charge is 0.310 e. The van der Waals surface area contributed by atoms with Crippen LogP contribution in [0.5, 0.6) is 0 Å². The minimum absolute atomic E-state index is 0.0955. The van der Waals surface area contributed by atoms with Crippen LogP contribution in [0.2, 0.25) is 0 Å². The monoisotopic (exact) mass is 456 g/mol. The van der Waals surface area contributed by atoms with Crippen LogP contribution >= 0.6 is 0 Å². The summed E-state index contributed by atoms with van der Waals surface area (Å²) in [6, 6.07) is 0. The second-order valence-electron chi connectivity index (χ2n) is 13.2. The van der Waals surface area contributed by atoms with Crippen LogP contribution in [0.25, 0.3) is 0 Å². The molecular weight excluding hydrogens is 404 g/mol. The summed E-state index contributed by atoms with van der Waals surface area (Å²) in [6.45, 7) is 12.1. The van der Waals surface area contributed by atoms with Gasteiger partial charge in [-0.05, 0) is 129 Å². The number of ether oxygens (including phenoxy) is 1. The number of rotatable bonds is 8. The van der Waals surface area contributed by atoms with E-state index >= 15 is 0 Å². The molecule has 4 aliphatic carbocycles. The Labute approximate surface area is 204 Å². The maximum absolute atomic E-state index is 11.6. The molecule has 0 aromatic rings. The highest BCUT2D eigenvalue weighted by Gasteiger charge is 2.59. The van der Waals surface area contributed by atoms with Crippen LogP contribution in [-0.4, -0.2) is 5.97 Å². The molecule has 0 saturated heterocycles. The van der Waals surface area contributed by atoms with E-state index in [0.717, 1.165) is 48.3 Å². The Morgan fingerprint density at radius 3 is 2.55 bits per heavy atom. The van der Waals surface area contributed by atoms with Gasteiger partial charge in [0.1, 0.15) is 0 Å². The van der Waals surface area contributed by atoms with Crippen LogP contribution in [-0.2, 0) is 9.53 Å². The average molecular weight is 457 g/mol. The van der Waals surface area contributed by atoms with Gasteiger partial charge in [-0.25, -0.2) is 0 Å². The molecule has 0 N–H and O–H groups in total. The lowest BCUT2D eigenvalue weighted by atomic mass is 9.44. The molecule has 33 heavy (non-hydrogen) atoms. The molecule has 4 fully saturated rings. The topological polar surface area (TPSA) is 26.3 Å². The first kappa shape index (κ1) is 25.3. The summed E-state index contributed by atoms with van der Waals surface area (Å²) in [5, 5.41) is 0. The maximum Gasteiger partial charge on any atom is 0.310 e. The molecule has 0 amide bonds. The first-order chi connectivity index (χ1) is 15.8. The molecule has 4 rings (SSSR count). The largest absolute Gasteiger partial charge is 0.435 e. The van der Waals surface area contributed by atoms with Crippen LogP contribution in [0.4, 0.5) is 0 Å². The predicted octanol–water partition coefficient (Wildman–Crippen LogP) is 9.09. The molecule has 0 aliphatic heterocycles. The van der Waals surface area contributed by atoms with Gasteiger partial charge in [0.2, 0.25) is 0 Å². The number of carbonyl (C=O) groups excluding carboxylic acids is 1. The number of allylic oxidation sites excluding steroid dienone is 1. The summed E-state index contributed by atoms with van der Waals surface area (Å²) in [4.78, 5) is 11.6. The molecule has 0 aromatic carbocycles. The summed E-state index contributed by atoms with van der Waals surface area (Å²) < 4.78 is 5.28. The molecule has 1 unspecified atom stereocenters. The molecule has 2 heteroatoms. The molecule has 8 atom stereocenters. The lowest BCUT2D eigenvalue weighted by Gasteiger charge is -2.61. The quantitative estimate of drug-likeness (QED) is 0.269. The van der Waals surface area contributed by atoms with E-state index in [-0.39, 0.29) is 5.97 Å². The van der Waals surface area contributed by atoms with Gasteiger partial charge >= 0.3 is 5.97 Å². The van der Waals surface area contributed by atoms with Crippen molar-refractivity contribution < 1.29 is 9.53 Å². The molecule has 0 heterocycles. The van der Waals surface area contributed by atoms with Gasteiger partial charge in [0.05, 0.1) is 6.26 Å². The second kappa shape index (κ2) is 10.4. The van der Waals surface area contributed by atoms with Gasteiger partial charge in [-0.3, -0.25) is 4.79 Å². The normalized spacial score (nSPS) is 41.6. The molecule has 4 saturated carbocycles. The van der Waals surface area contributed by atoms with Crippen molar-refractivity contribution in [2.75, 3.05) is 0 Å². The third kappa shape index (κ3) is 4.97. The average Bonchev–Trinajstić information content (AvgIpc) is 3.15. The van der Waals surface area contributed by atoms with E-state index < -0.39 is 0 Å². The van der Waals surface area contributed by atoms with E-state index in [2.05, 4.69) is 27.7 Å². The van der Waals surface area contributed by atoms with Crippen LogP contribution < -0.4 is 0 Å². The Morgan fingerprint density at radius 2 is 1.76 bits per heavy atom. The van der Waals surface area contributed by atoms with Crippen LogP contribution in [0.3, 0.4) is 0 Å². The van der Waals surface area contributed by atoms with Gasteiger partial charge in [0.25, 0.3) is 0 Å². The molecule has 4 aliphatic rings. The lowest BCUT2D eigenvalue weighted by molar-refractivity contribution is -0.138. The first-order valence-electron chi connectivity index (χ1n) is 14.6. The fourth-order valence-electron chi connectivity index (χ4n) is 9.66. The van der Waals surface area contributed by atoms with Gasteiger partial charge < -0.3 is 4.74 Å². The minimum Gasteiger partial charge on any atom is -0.435 e. The summed E-state index contributed by atoms with van der Waals surface area (Å²) in [6.07, 6.45) is 21.7. The highest BCUT2D eigenvalue weighted by molar-refractivity contribution is 5.69. The molecule has 0 aromatic heterocycles. The zero-order chi connectivity index (χ0) is 23.6. The highest BCUT2D eigenvalue weighted by Crippen LogP contribution is 2.68. The van der Waals surface area contributed by atoms with E-state index in [9.17, 15) is 4.79 Å². The van der Waals surface area contributed by atoms with Gasteiger partial charge in [0, 0.05) is 6.42 Å². The van der Waals surface area contributed by atoms with E-state index in [0.29, 0.717) is 17.3 Å². The van der Waals surface area contributed by atoms with Crippen molar-refractivity contribution in [2.24, 2.45) is 46.3 Å². The summed E-state index contributed by atoms with van der Waals surface area (Å²) >= 11 is 0. The molecular formula is C31H52O2. The van der Waals surface area contributed by atoms with Gasteiger partial charge in [0.15, 0.2) is 0 Å². The van der Waals surface area contributed by atoms with Crippen molar-refractivity contribution in [3.8, 4) is 0 Å². The van der Waals surface area contributed by atoms with Crippen LogP contribution in [0.1, 0.15) is 131 Å². The van der Waals surface area contributed by atoms with Crippen molar-refractivity contribution in [3.63, 3.8) is 0 Å². The van der Waals surface area contributed by atoms with Crippen LogP contribution in [0, 0.1) is 46.3 Å². The van der Waals surface area contributed by atoms with E-state index in [1.54, 1.807) is 6.26 Å². The zero-order valence-electron chi connectivity index (χ0n) is 22.5. The lowest BCUT2D eigenvalue weighted by Crippen LogP contribution is -2.53. The van der Waals surface area contributed by atoms with E-state index in [1.807, 2.05) is 6.92 Å². The SMILES string of the molecule is CCCC(=O)OC=C(C)CCC[C@@H](C)[C@H]1CC[C@H]2[C@@H]3CCC4CCCC[C@]4(C)[C@H]3CC[C@]12C. The zero-order valence-corrected chi connectivity index (χ0v) is 22.5. The number of carbonyl (C=O) groups is 1. The number of fused-ring (bicyclic) bond motifs is 5. The van der Waals surface area contributed by atoms with Gasteiger partial charge in [-0.2, -0.15) is 0 Å². The predicted molar refractivity (Wildman–Crippen MR) is 138 cm³/mol. The number of hydrogen-bond acceptors (Lipinski definition) is 2. The van der Waals surface area contributed by atoms with E-state index in [1.165, 1.54) is 82.6 Å². The number of esters is 1. The van der Waals surface area contributed by atoms with Gasteiger partial charge in [-0.15, -0.1) is 0 Å². The third-order valence-electron chi connectivity index (χ3n) is 11.4. The van der Waals surface area contributed by atoms with Crippen molar-refractivity contribution in [1.82, 2.24) is 0 Å². The third-order valence-corrected chi connectivity index (χ3v) is 11.4. The number of hydrogen-bond donors (Lipinski definition) is 0. The fraction of sp³-hybridized carbons (Fsp3) is 0.903. The second-order valence-corrected chi connectivity index (χ2v) is 13.2. The highest BCUT2D eigenvalue weighted by atomic mass is 16.5. The molecule has 0 bridgehead atoms. The molecule has 0 spiro atoms. The summed E-state index contributed by atoms with van der Waals surface area (Å²) in [5.41, 5.74) is 2.45. The molecule has 0 radical (unpaired) electrons. The molecule has 188 valence electrons. The Kier molecular flexibility index (Phi) is 8.01. The van der Waals surface area contributed by atoms with Crippen molar-refractivity contribution in [1.29, 1.82) is 0 Å². The van der Waals surface area contributed by atoms with Crippen molar-refractivity contribution >= 4 is 5.97 Å². The summed E-state index contributed by atoms with van der Waals surface area (Å²) in [7, 11) is 0. The molecule has 2 nitrogen and oxygen atoms in total. The van der Waals surface area contributed by atoms with Crippen molar-refractivity contribution in [3.05, 3.63) is 11.8 Å². The Bertz CT molecular complexity index is 710. The first-order valence-corrected chi connectivity index (χ1v) is 14.6. The van der Waals surface area contributed by atoms with Crippen molar-refractivity contribution in [2.45, 2.75) is 131 Å². The van der Waals surface area contributed by atoms with Crippen LogP contribution in [0.15, 0.2) is 11.8 Å². The maximum atomic E-state index is 11.6.